The van der Waals surface area contributed by atoms with E-state index in [4.69, 9.17) is 27.0 Å². The number of halogens is 2. The Morgan fingerprint density at radius 3 is 2.67 bits per heavy atom. The standard InChI is InChI=1S/C8H9Cl2NO3S/c1-14-8-6(2-3-7(9)11-8)4-5-15(10,12)13/h2-3H,4-5H2,1H3. The van der Waals surface area contributed by atoms with Gasteiger partial charge in [0, 0.05) is 16.2 Å². The number of methoxy groups -OCH3 is 1. The van der Waals surface area contributed by atoms with Gasteiger partial charge in [-0.2, -0.15) is 0 Å². The first-order valence-corrected chi connectivity index (χ1v) is 6.90. The van der Waals surface area contributed by atoms with Crippen LogP contribution in [0.15, 0.2) is 12.1 Å². The maximum Gasteiger partial charge on any atom is 0.232 e. The second-order valence-electron chi connectivity index (χ2n) is 2.80. The highest BCUT2D eigenvalue weighted by Crippen LogP contribution is 2.19. The van der Waals surface area contributed by atoms with E-state index in [0.717, 1.165) is 0 Å². The topological polar surface area (TPSA) is 56.3 Å². The minimum Gasteiger partial charge on any atom is -0.481 e. The summed E-state index contributed by atoms with van der Waals surface area (Å²) in [6.45, 7) is 0. The molecule has 0 saturated carbocycles. The molecule has 0 atom stereocenters. The number of aromatic nitrogens is 1. The highest BCUT2D eigenvalue weighted by atomic mass is 35.7. The fourth-order valence-corrected chi connectivity index (χ4v) is 1.88. The van der Waals surface area contributed by atoms with Gasteiger partial charge in [-0.15, -0.1) is 0 Å². The third-order valence-electron chi connectivity index (χ3n) is 1.71. The molecule has 0 N–H and O–H groups in total. The second-order valence-corrected chi connectivity index (χ2v) is 6.08. The van der Waals surface area contributed by atoms with Crippen LogP contribution in [0.1, 0.15) is 5.56 Å². The van der Waals surface area contributed by atoms with Crippen LogP contribution in [0.2, 0.25) is 5.15 Å². The lowest BCUT2D eigenvalue weighted by atomic mass is 10.2. The van der Waals surface area contributed by atoms with Gasteiger partial charge in [0.15, 0.2) is 0 Å². The Balaban J connectivity index is 2.85. The molecule has 15 heavy (non-hydrogen) atoms. The van der Waals surface area contributed by atoms with Crippen LogP contribution in [-0.4, -0.2) is 26.3 Å². The lowest BCUT2D eigenvalue weighted by Crippen LogP contribution is -2.03. The molecule has 0 fully saturated rings. The molecular formula is C8H9Cl2NO3S. The summed E-state index contributed by atoms with van der Waals surface area (Å²) in [4.78, 5) is 3.90. The average Bonchev–Trinajstić information content (AvgIpc) is 2.14. The van der Waals surface area contributed by atoms with E-state index in [-0.39, 0.29) is 12.2 Å². The maximum absolute atomic E-state index is 10.7. The highest BCUT2D eigenvalue weighted by molar-refractivity contribution is 8.13. The molecule has 1 aromatic rings. The summed E-state index contributed by atoms with van der Waals surface area (Å²) in [5.41, 5.74) is 0.658. The van der Waals surface area contributed by atoms with Gasteiger partial charge in [-0.1, -0.05) is 17.7 Å². The Morgan fingerprint density at radius 2 is 2.13 bits per heavy atom. The fourth-order valence-electron chi connectivity index (χ4n) is 1.05. The van der Waals surface area contributed by atoms with Crippen LogP contribution in [0.4, 0.5) is 0 Å². The van der Waals surface area contributed by atoms with Gasteiger partial charge < -0.3 is 4.74 Å². The zero-order valence-corrected chi connectivity index (χ0v) is 10.2. The van der Waals surface area contributed by atoms with Crippen molar-refractivity contribution in [2.75, 3.05) is 12.9 Å². The quantitative estimate of drug-likeness (QED) is 0.619. The summed E-state index contributed by atoms with van der Waals surface area (Å²) in [7, 11) is 3.04. The van der Waals surface area contributed by atoms with Gasteiger partial charge in [-0.3, -0.25) is 0 Å². The van der Waals surface area contributed by atoms with Gasteiger partial charge in [0.1, 0.15) is 5.15 Å². The predicted octanol–water partition coefficient (Wildman–Crippen LogP) is 1.85. The van der Waals surface area contributed by atoms with E-state index < -0.39 is 9.05 Å². The SMILES string of the molecule is COc1nc(Cl)ccc1CCS(=O)(=O)Cl. The Bertz CT molecular complexity index is 447. The maximum atomic E-state index is 10.7. The largest absolute Gasteiger partial charge is 0.481 e. The normalized spacial score (nSPS) is 11.4. The summed E-state index contributed by atoms with van der Waals surface area (Å²) in [5, 5.41) is 0.296. The zero-order chi connectivity index (χ0) is 11.5. The van der Waals surface area contributed by atoms with E-state index in [1.54, 1.807) is 12.1 Å². The van der Waals surface area contributed by atoms with Crippen molar-refractivity contribution in [1.82, 2.24) is 4.98 Å². The van der Waals surface area contributed by atoms with Gasteiger partial charge in [-0.05, 0) is 12.5 Å². The molecule has 0 radical (unpaired) electrons. The van der Waals surface area contributed by atoms with E-state index >= 15 is 0 Å². The number of pyridine rings is 1. The smallest absolute Gasteiger partial charge is 0.232 e. The van der Waals surface area contributed by atoms with Gasteiger partial charge in [-0.25, -0.2) is 13.4 Å². The number of hydrogen-bond donors (Lipinski definition) is 0. The molecule has 1 aromatic heterocycles. The Labute approximate surface area is 97.6 Å². The van der Waals surface area contributed by atoms with Crippen LogP contribution in [0.25, 0.3) is 0 Å². The van der Waals surface area contributed by atoms with Crippen LogP contribution < -0.4 is 4.74 Å². The Hall–Kier alpha value is -0.520. The van der Waals surface area contributed by atoms with Crippen molar-refractivity contribution in [2.45, 2.75) is 6.42 Å². The Kier molecular flexibility index (Phi) is 4.19. The molecule has 0 saturated heterocycles. The number of aryl methyl sites for hydroxylation is 1. The molecular weight excluding hydrogens is 261 g/mol. The molecule has 0 spiro atoms. The second kappa shape index (κ2) is 5.01. The highest BCUT2D eigenvalue weighted by Gasteiger charge is 2.10. The molecule has 4 nitrogen and oxygen atoms in total. The first-order valence-electron chi connectivity index (χ1n) is 4.04. The van der Waals surface area contributed by atoms with E-state index in [1.807, 2.05) is 0 Å². The lowest BCUT2D eigenvalue weighted by molar-refractivity contribution is 0.393. The van der Waals surface area contributed by atoms with Crippen LogP contribution >= 0.6 is 22.3 Å². The molecule has 0 aliphatic rings. The van der Waals surface area contributed by atoms with Crippen LogP contribution in [0, 0.1) is 0 Å². The average molecular weight is 270 g/mol. The first kappa shape index (κ1) is 12.5. The summed E-state index contributed by atoms with van der Waals surface area (Å²) in [5.74, 6) is 0.164. The molecule has 0 aliphatic heterocycles. The van der Waals surface area contributed by atoms with Crippen molar-refractivity contribution in [1.29, 1.82) is 0 Å². The van der Waals surface area contributed by atoms with Crippen molar-refractivity contribution >= 4 is 31.3 Å². The summed E-state index contributed by atoms with van der Waals surface area (Å²) in [6.07, 6.45) is 0.249. The molecule has 84 valence electrons. The van der Waals surface area contributed by atoms with E-state index in [2.05, 4.69) is 4.98 Å². The van der Waals surface area contributed by atoms with Crippen molar-refractivity contribution in [2.24, 2.45) is 0 Å². The van der Waals surface area contributed by atoms with E-state index in [1.165, 1.54) is 7.11 Å². The molecule has 0 aliphatic carbocycles. The third kappa shape index (κ3) is 4.24. The number of rotatable bonds is 4. The van der Waals surface area contributed by atoms with Crippen molar-refractivity contribution < 1.29 is 13.2 Å². The molecule has 7 heteroatoms. The first-order chi connectivity index (χ1) is 6.92. The van der Waals surface area contributed by atoms with Gasteiger partial charge in [0.25, 0.3) is 0 Å². The molecule has 1 rings (SSSR count). The molecule has 0 bridgehead atoms. The molecule has 1 heterocycles. The van der Waals surface area contributed by atoms with Crippen molar-refractivity contribution in [3.8, 4) is 5.88 Å². The van der Waals surface area contributed by atoms with E-state index in [0.29, 0.717) is 16.6 Å². The minimum absolute atomic E-state index is 0.159. The van der Waals surface area contributed by atoms with Gasteiger partial charge >= 0.3 is 0 Å². The minimum atomic E-state index is -3.50. The molecule has 0 amide bonds. The van der Waals surface area contributed by atoms with Crippen LogP contribution in [0.5, 0.6) is 5.88 Å². The van der Waals surface area contributed by atoms with E-state index in [9.17, 15) is 8.42 Å². The van der Waals surface area contributed by atoms with Gasteiger partial charge in [0.2, 0.25) is 14.9 Å². The van der Waals surface area contributed by atoms with Crippen molar-refractivity contribution in [3.05, 3.63) is 22.8 Å². The number of hydrogen-bond acceptors (Lipinski definition) is 4. The van der Waals surface area contributed by atoms with Crippen LogP contribution in [-0.2, 0) is 15.5 Å². The molecule has 0 unspecified atom stereocenters. The molecule has 0 aromatic carbocycles. The summed E-state index contributed by atoms with van der Waals surface area (Å²) < 4.78 is 26.5. The lowest BCUT2D eigenvalue weighted by Gasteiger charge is -2.06. The summed E-state index contributed by atoms with van der Waals surface area (Å²) in [6, 6.07) is 3.23. The third-order valence-corrected chi connectivity index (χ3v) is 3.08. The summed E-state index contributed by atoms with van der Waals surface area (Å²) >= 11 is 5.65. The number of nitrogens with zero attached hydrogens (tertiary/aromatic N) is 1. The fraction of sp³-hybridized carbons (Fsp3) is 0.375. The zero-order valence-electron chi connectivity index (χ0n) is 7.91. The monoisotopic (exact) mass is 269 g/mol. The number of ether oxygens (including phenoxy) is 1. The Morgan fingerprint density at radius 1 is 1.47 bits per heavy atom. The van der Waals surface area contributed by atoms with Crippen LogP contribution in [0.3, 0.4) is 0 Å². The van der Waals surface area contributed by atoms with Gasteiger partial charge in [0.05, 0.1) is 12.9 Å². The predicted molar refractivity (Wildman–Crippen MR) is 59.1 cm³/mol. The van der Waals surface area contributed by atoms with Crippen molar-refractivity contribution in [3.63, 3.8) is 0 Å².